The number of aliphatic carboxylic acids is 1. The third-order valence-electron chi connectivity index (χ3n) is 5.20. The molecule has 0 spiro atoms. The summed E-state index contributed by atoms with van der Waals surface area (Å²) in [5, 5.41) is 13.7. The lowest BCUT2D eigenvalue weighted by atomic mass is 9.88. The van der Waals surface area contributed by atoms with Crippen molar-refractivity contribution in [2.45, 2.75) is 26.2 Å². The highest BCUT2D eigenvalue weighted by Crippen LogP contribution is 2.41. The molecule has 0 aliphatic heterocycles. The number of nitrogens with two attached hydrogens (primary N) is 1. The fourth-order valence-electron chi connectivity index (χ4n) is 3.78. The van der Waals surface area contributed by atoms with Crippen molar-refractivity contribution in [2.75, 3.05) is 24.7 Å². The first-order chi connectivity index (χ1) is 14.5. The van der Waals surface area contributed by atoms with Crippen molar-refractivity contribution in [3.8, 4) is 5.75 Å². The van der Waals surface area contributed by atoms with Gasteiger partial charge in [0.15, 0.2) is 0 Å². The molecular formula is C21H23N5O3S. The monoisotopic (exact) mass is 425 g/mol. The van der Waals surface area contributed by atoms with E-state index in [-0.39, 0.29) is 5.92 Å². The normalized spacial score (nSPS) is 16.0. The summed E-state index contributed by atoms with van der Waals surface area (Å²) in [6, 6.07) is 3.67. The quantitative estimate of drug-likeness (QED) is 0.407. The fourth-order valence-corrected chi connectivity index (χ4v) is 5.05. The first kappa shape index (κ1) is 20.1. The van der Waals surface area contributed by atoms with Gasteiger partial charge in [0.2, 0.25) is 0 Å². The van der Waals surface area contributed by atoms with Gasteiger partial charge in [-0.05, 0) is 37.8 Å². The third kappa shape index (κ3) is 3.68. The standard InChI is InChI=1S/C21H23N5O3S/c1-3-29-16-8-14(22)12(9-23-2)6-15(16)26-19-18-13-5-4-11(21(27)28)7-17(13)30-20(18)25-10-24-19/h6,8-11H,3-5,7,22H2,1-2H3,(H,27,28)(H,24,25,26). The number of nitrogen functional groups attached to an aromatic ring is 1. The first-order valence-corrected chi connectivity index (χ1v) is 10.6. The minimum absolute atomic E-state index is 0.340. The molecule has 1 unspecified atom stereocenters. The maximum Gasteiger partial charge on any atom is 0.306 e. The molecular weight excluding hydrogens is 402 g/mol. The number of benzene rings is 1. The number of ether oxygens (including phenoxy) is 1. The molecule has 0 radical (unpaired) electrons. The number of aryl methyl sites for hydroxylation is 1. The SMILES string of the molecule is CCOc1cc(N)c(C=NC)cc1Nc1ncnc2sc3c(c12)CCC(C(=O)O)C3. The van der Waals surface area contributed by atoms with E-state index in [1.54, 1.807) is 30.7 Å². The number of hydrogen-bond donors (Lipinski definition) is 3. The Kier molecular flexibility index (Phi) is 5.54. The molecule has 0 fully saturated rings. The maximum absolute atomic E-state index is 11.4. The van der Waals surface area contributed by atoms with Crippen molar-refractivity contribution in [1.82, 2.24) is 9.97 Å². The number of carboxylic acids is 1. The van der Waals surface area contributed by atoms with E-state index in [4.69, 9.17) is 10.5 Å². The summed E-state index contributed by atoms with van der Waals surface area (Å²) in [7, 11) is 1.69. The molecule has 0 amide bonds. The van der Waals surface area contributed by atoms with E-state index < -0.39 is 5.97 Å². The Morgan fingerprint density at radius 2 is 2.30 bits per heavy atom. The van der Waals surface area contributed by atoms with Crippen LogP contribution >= 0.6 is 11.3 Å². The lowest BCUT2D eigenvalue weighted by molar-refractivity contribution is -0.142. The number of anilines is 3. The van der Waals surface area contributed by atoms with E-state index >= 15 is 0 Å². The number of thiophene rings is 1. The van der Waals surface area contributed by atoms with Crippen LogP contribution in [0.25, 0.3) is 10.2 Å². The molecule has 2 heterocycles. The molecule has 0 bridgehead atoms. The summed E-state index contributed by atoms with van der Waals surface area (Å²) < 4.78 is 5.78. The molecule has 1 aliphatic rings. The number of aromatic nitrogens is 2. The van der Waals surface area contributed by atoms with Crippen LogP contribution in [-0.4, -0.2) is 40.9 Å². The second-order valence-corrected chi connectivity index (χ2v) is 8.19. The van der Waals surface area contributed by atoms with Gasteiger partial charge in [0.05, 0.1) is 23.6 Å². The van der Waals surface area contributed by atoms with Crippen LogP contribution in [0, 0.1) is 5.92 Å². The Labute approximate surface area is 177 Å². The van der Waals surface area contributed by atoms with Gasteiger partial charge in [-0.2, -0.15) is 0 Å². The molecule has 9 heteroatoms. The third-order valence-corrected chi connectivity index (χ3v) is 6.36. The minimum Gasteiger partial charge on any atom is -0.492 e. The number of nitrogens with zero attached hydrogens (tertiary/aromatic N) is 3. The Morgan fingerprint density at radius 3 is 3.03 bits per heavy atom. The number of fused-ring (bicyclic) bond motifs is 3. The van der Waals surface area contributed by atoms with Crippen LogP contribution in [0.1, 0.15) is 29.3 Å². The molecule has 4 N–H and O–H groups in total. The zero-order chi connectivity index (χ0) is 21.3. The van der Waals surface area contributed by atoms with Gasteiger partial charge in [-0.1, -0.05) is 0 Å². The van der Waals surface area contributed by atoms with Crippen molar-refractivity contribution >= 4 is 50.9 Å². The van der Waals surface area contributed by atoms with Gasteiger partial charge in [0.25, 0.3) is 0 Å². The lowest BCUT2D eigenvalue weighted by Gasteiger charge is -2.19. The Balaban J connectivity index is 1.78. The van der Waals surface area contributed by atoms with Crippen molar-refractivity contribution in [2.24, 2.45) is 10.9 Å². The minimum atomic E-state index is -0.740. The molecule has 156 valence electrons. The number of rotatable bonds is 6. The Hall–Kier alpha value is -3.20. The van der Waals surface area contributed by atoms with Crippen molar-refractivity contribution < 1.29 is 14.6 Å². The highest BCUT2D eigenvalue weighted by atomic mass is 32.1. The number of hydrogen-bond acceptors (Lipinski definition) is 8. The summed E-state index contributed by atoms with van der Waals surface area (Å²) in [4.78, 5) is 26.3. The predicted octanol–water partition coefficient (Wildman–Crippen LogP) is 3.65. The van der Waals surface area contributed by atoms with Gasteiger partial charge in [-0.25, -0.2) is 9.97 Å². The van der Waals surface area contributed by atoms with Crippen LogP contribution in [0.4, 0.5) is 17.2 Å². The molecule has 0 saturated carbocycles. The van der Waals surface area contributed by atoms with Crippen LogP contribution < -0.4 is 15.8 Å². The van der Waals surface area contributed by atoms with Crippen LogP contribution in [0.15, 0.2) is 23.5 Å². The zero-order valence-corrected chi connectivity index (χ0v) is 17.6. The summed E-state index contributed by atoms with van der Waals surface area (Å²) in [5.41, 5.74) is 9.37. The summed E-state index contributed by atoms with van der Waals surface area (Å²) in [5.74, 6) is 0.227. The molecule has 1 atom stereocenters. The molecule has 3 aromatic rings. The van der Waals surface area contributed by atoms with Gasteiger partial charge in [-0.3, -0.25) is 9.79 Å². The van der Waals surface area contributed by atoms with Crippen molar-refractivity contribution in [1.29, 1.82) is 0 Å². The van der Waals surface area contributed by atoms with E-state index in [1.165, 1.54) is 6.33 Å². The summed E-state index contributed by atoms with van der Waals surface area (Å²) in [6.45, 7) is 2.41. The largest absolute Gasteiger partial charge is 0.492 e. The maximum atomic E-state index is 11.4. The topological polar surface area (TPSA) is 123 Å². The molecule has 4 rings (SSSR count). The van der Waals surface area contributed by atoms with Crippen LogP contribution in [-0.2, 0) is 17.6 Å². The van der Waals surface area contributed by atoms with E-state index in [1.807, 2.05) is 13.0 Å². The van der Waals surface area contributed by atoms with Crippen molar-refractivity contribution in [3.63, 3.8) is 0 Å². The number of aliphatic imine (C=N–C) groups is 1. The average Bonchev–Trinajstić information content (AvgIpc) is 3.10. The number of nitrogens with one attached hydrogen (secondary N) is 1. The highest BCUT2D eigenvalue weighted by molar-refractivity contribution is 7.19. The lowest BCUT2D eigenvalue weighted by Crippen LogP contribution is -2.21. The van der Waals surface area contributed by atoms with Crippen LogP contribution in [0.5, 0.6) is 5.75 Å². The smallest absolute Gasteiger partial charge is 0.306 e. The predicted molar refractivity (Wildman–Crippen MR) is 119 cm³/mol. The Bertz CT molecular complexity index is 1140. The van der Waals surface area contributed by atoms with E-state index in [2.05, 4.69) is 20.3 Å². The number of carboxylic acid groups (broad SMARTS) is 1. The summed E-state index contributed by atoms with van der Waals surface area (Å²) in [6.07, 6.45) is 5.07. The molecule has 30 heavy (non-hydrogen) atoms. The van der Waals surface area contributed by atoms with Gasteiger partial charge >= 0.3 is 5.97 Å². The first-order valence-electron chi connectivity index (χ1n) is 9.75. The second-order valence-electron chi connectivity index (χ2n) is 7.11. The molecule has 2 aromatic heterocycles. The zero-order valence-electron chi connectivity index (χ0n) is 16.8. The van der Waals surface area contributed by atoms with Crippen molar-refractivity contribution in [3.05, 3.63) is 34.5 Å². The van der Waals surface area contributed by atoms with Crippen LogP contribution in [0.3, 0.4) is 0 Å². The molecule has 1 aromatic carbocycles. The van der Waals surface area contributed by atoms with E-state index in [0.29, 0.717) is 43.1 Å². The van der Waals surface area contributed by atoms with Gasteiger partial charge in [0.1, 0.15) is 22.7 Å². The Morgan fingerprint density at radius 1 is 1.47 bits per heavy atom. The second kappa shape index (κ2) is 8.27. The van der Waals surface area contributed by atoms with Gasteiger partial charge < -0.3 is 20.9 Å². The molecule has 8 nitrogen and oxygen atoms in total. The van der Waals surface area contributed by atoms with Gasteiger partial charge in [0, 0.05) is 35.5 Å². The van der Waals surface area contributed by atoms with E-state index in [0.717, 1.165) is 31.9 Å². The average molecular weight is 426 g/mol. The van der Waals surface area contributed by atoms with Gasteiger partial charge in [-0.15, -0.1) is 11.3 Å². The fraction of sp³-hybridized carbons (Fsp3) is 0.333. The molecule has 1 aliphatic carbocycles. The summed E-state index contributed by atoms with van der Waals surface area (Å²) >= 11 is 1.55. The molecule has 0 saturated heterocycles. The van der Waals surface area contributed by atoms with E-state index in [9.17, 15) is 9.90 Å². The number of carbonyl (C=O) groups is 1. The highest BCUT2D eigenvalue weighted by Gasteiger charge is 2.29. The van der Waals surface area contributed by atoms with Crippen LogP contribution in [0.2, 0.25) is 0 Å².